The third-order valence-corrected chi connectivity index (χ3v) is 3.78. The Morgan fingerprint density at radius 1 is 1.07 bits per heavy atom. The molecule has 0 aliphatic rings. The second-order valence-corrected chi connectivity index (χ2v) is 5.62. The second kappa shape index (κ2) is 8.08. The summed E-state index contributed by atoms with van der Waals surface area (Å²) in [5, 5.41) is 36.2. The molecule has 29 heavy (non-hydrogen) atoms. The van der Waals surface area contributed by atoms with Crippen LogP contribution < -0.4 is 15.4 Å². The molecule has 0 saturated carbocycles. The van der Waals surface area contributed by atoms with Gasteiger partial charge in [-0.2, -0.15) is 9.97 Å². The van der Waals surface area contributed by atoms with E-state index in [0.29, 0.717) is 11.4 Å². The highest BCUT2D eigenvalue weighted by molar-refractivity contribution is 5.94. The SMILES string of the molecule is COc1ccccc1Nc1nc(Nc2ccccc2O)nc(C(=O)O)c1[N+](=O)[O-]. The first kappa shape index (κ1) is 19.4. The van der Waals surface area contributed by atoms with E-state index in [-0.39, 0.29) is 23.2 Å². The number of phenols is 1. The summed E-state index contributed by atoms with van der Waals surface area (Å²) in [4.78, 5) is 30.0. The van der Waals surface area contributed by atoms with Crippen molar-refractivity contribution >= 4 is 34.8 Å². The van der Waals surface area contributed by atoms with Crippen molar-refractivity contribution in [2.24, 2.45) is 0 Å². The Labute approximate surface area is 163 Å². The van der Waals surface area contributed by atoms with Crippen LogP contribution in [0.1, 0.15) is 10.5 Å². The number of carboxylic acid groups (broad SMARTS) is 1. The Morgan fingerprint density at radius 2 is 1.72 bits per heavy atom. The second-order valence-electron chi connectivity index (χ2n) is 5.62. The molecule has 1 aromatic heterocycles. The molecule has 2 aromatic carbocycles. The molecule has 1 heterocycles. The number of nitrogens with one attached hydrogen (secondary N) is 2. The molecule has 0 unspecified atom stereocenters. The van der Waals surface area contributed by atoms with Crippen LogP contribution in [0.25, 0.3) is 0 Å². The maximum absolute atomic E-state index is 11.6. The third kappa shape index (κ3) is 4.13. The lowest BCUT2D eigenvalue weighted by molar-refractivity contribution is -0.384. The summed E-state index contributed by atoms with van der Waals surface area (Å²) in [6.07, 6.45) is 0. The summed E-state index contributed by atoms with van der Waals surface area (Å²) in [5.41, 5.74) is -1.10. The predicted molar refractivity (Wildman–Crippen MR) is 103 cm³/mol. The first-order chi connectivity index (χ1) is 13.9. The minimum absolute atomic E-state index is 0.134. The quantitative estimate of drug-likeness (QED) is 0.264. The number of benzene rings is 2. The smallest absolute Gasteiger partial charge is 0.362 e. The molecule has 148 valence electrons. The van der Waals surface area contributed by atoms with Gasteiger partial charge in [0.05, 0.1) is 23.4 Å². The largest absolute Gasteiger partial charge is 0.506 e. The Balaban J connectivity index is 2.14. The number of carbonyl (C=O) groups is 1. The molecule has 0 atom stereocenters. The van der Waals surface area contributed by atoms with Crippen molar-refractivity contribution in [3.8, 4) is 11.5 Å². The molecule has 0 fully saturated rings. The number of aromatic hydroxyl groups is 1. The molecule has 11 heteroatoms. The number of phenolic OH excluding ortho intramolecular Hbond substituents is 1. The predicted octanol–water partition coefficient (Wildman–Crippen LogP) is 3.28. The molecule has 0 aliphatic heterocycles. The number of para-hydroxylation sites is 4. The fraction of sp³-hybridized carbons (Fsp3) is 0.0556. The van der Waals surface area contributed by atoms with Gasteiger partial charge in [-0.25, -0.2) is 4.79 Å². The average molecular weight is 397 g/mol. The van der Waals surface area contributed by atoms with Crippen LogP contribution in [0.15, 0.2) is 48.5 Å². The number of methoxy groups -OCH3 is 1. The van der Waals surface area contributed by atoms with Gasteiger partial charge in [-0.15, -0.1) is 0 Å². The van der Waals surface area contributed by atoms with Crippen molar-refractivity contribution in [3.63, 3.8) is 0 Å². The van der Waals surface area contributed by atoms with Gasteiger partial charge in [0.15, 0.2) is 0 Å². The van der Waals surface area contributed by atoms with Crippen molar-refractivity contribution in [3.05, 3.63) is 64.3 Å². The molecular formula is C18H15N5O6. The normalized spacial score (nSPS) is 10.2. The molecule has 0 bridgehead atoms. The molecule has 4 N–H and O–H groups in total. The Kier molecular flexibility index (Phi) is 5.39. The number of aromatic nitrogens is 2. The fourth-order valence-electron chi connectivity index (χ4n) is 2.50. The van der Waals surface area contributed by atoms with Crippen LogP contribution in [0.4, 0.5) is 28.8 Å². The summed E-state index contributed by atoms with van der Waals surface area (Å²) >= 11 is 0. The maximum atomic E-state index is 11.6. The maximum Gasteiger partial charge on any atom is 0.362 e. The van der Waals surface area contributed by atoms with Crippen LogP contribution >= 0.6 is 0 Å². The van der Waals surface area contributed by atoms with Crippen molar-refractivity contribution < 1.29 is 24.7 Å². The number of carboxylic acids is 1. The van der Waals surface area contributed by atoms with Gasteiger partial charge in [0.2, 0.25) is 17.5 Å². The summed E-state index contributed by atoms with van der Waals surface area (Å²) in [6.45, 7) is 0. The van der Waals surface area contributed by atoms with Gasteiger partial charge >= 0.3 is 11.7 Å². The van der Waals surface area contributed by atoms with E-state index in [0.717, 1.165) is 0 Å². The highest BCUT2D eigenvalue weighted by atomic mass is 16.6. The van der Waals surface area contributed by atoms with E-state index in [1.165, 1.54) is 19.2 Å². The molecule has 0 spiro atoms. The average Bonchev–Trinajstić information content (AvgIpc) is 2.69. The molecule has 3 rings (SSSR count). The van der Waals surface area contributed by atoms with E-state index in [4.69, 9.17) is 4.74 Å². The van der Waals surface area contributed by atoms with Gasteiger partial charge in [-0.1, -0.05) is 24.3 Å². The molecular weight excluding hydrogens is 382 g/mol. The number of rotatable bonds is 7. The molecule has 0 aliphatic carbocycles. The summed E-state index contributed by atoms with van der Waals surface area (Å²) in [7, 11) is 1.42. The van der Waals surface area contributed by atoms with Gasteiger partial charge in [-0.05, 0) is 24.3 Å². The van der Waals surface area contributed by atoms with Crippen molar-refractivity contribution in [1.29, 1.82) is 0 Å². The lowest BCUT2D eigenvalue weighted by Gasteiger charge is -2.13. The Hall–Kier alpha value is -4.41. The monoisotopic (exact) mass is 397 g/mol. The van der Waals surface area contributed by atoms with Gasteiger partial charge in [0.25, 0.3) is 0 Å². The number of hydrogen-bond donors (Lipinski definition) is 4. The van der Waals surface area contributed by atoms with Gasteiger partial charge in [0, 0.05) is 0 Å². The lowest BCUT2D eigenvalue weighted by atomic mass is 10.2. The van der Waals surface area contributed by atoms with Crippen molar-refractivity contribution in [2.75, 3.05) is 17.7 Å². The van der Waals surface area contributed by atoms with Crippen LogP contribution in [-0.4, -0.2) is 38.2 Å². The van der Waals surface area contributed by atoms with Gasteiger partial charge in [-0.3, -0.25) is 10.1 Å². The molecule has 0 saturated heterocycles. The molecule has 0 amide bonds. The minimum atomic E-state index is -1.61. The Morgan fingerprint density at radius 3 is 2.34 bits per heavy atom. The van der Waals surface area contributed by atoms with Crippen LogP contribution in [0, 0.1) is 10.1 Å². The fourth-order valence-corrected chi connectivity index (χ4v) is 2.50. The standard InChI is InChI=1S/C18H15N5O6/c1-29-13-9-5-3-7-11(13)19-16-15(23(27)28)14(17(25)26)21-18(22-16)20-10-6-2-4-8-12(10)24/h2-9,24H,1H3,(H,25,26)(H2,19,20,21,22). The zero-order valence-corrected chi connectivity index (χ0v) is 15.0. The van der Waals surface area contributed by atoms with E-state index in [1.807, 2.05) is 0 Å². The van der Waals surface area contributed by atoms with E-state index < -0.39 is 22.3 Å². The highest BCUT2D eigenvalue weighted by Gasteiger charge is 2.30. The van der Waals surface area contributed by atoms with Crippen LogP contribution in [0.5, 0.6) is 11.5 Å². The molecule has 11 nitrogen and oxygen atoms in total. The first-order valence-electron chi connectivity index (χ1n) is 8.15. The van der Waals surface area contributed by atoms with Gasteiger partial charge in [0.1, 0.15) is 11.5 Å². The molecule has 3 aromatic rings. The number of ether oxygens (including phenoxy) is 1. The van der Waals surface area contributed by atoms with Crippen LogP contribution in [0.3, 0.4) is 0 Å². The van der Waals surface area contributed by atoms with Crippen molar-refractivity contribution in [2.45, 2.75) is 0 Å². The minimum Gasteiger partial charge on any atom is -0.506 e. The zero-order chi connectivity index (χ0) is 21.0. The summed E-state index contributed by atoms with van der Waals surface area (Å²) < 4.78 is 5.20. The Bertz CT molecular complexity index is 1090. The number of anilines is 4. The van der Waals surface area contributed by atoms with Crippen LogP contribution in [-0.2, 0) is 0 Å². The summed E-state index contributed by atoms with van der Waals surface area (Å²) in [5.74, 6) is -1.99. The molecule has 0 radical (unpaired) electrons. The van der Waals surface area contributed by atoms with Gasteiger partial charge < -0.3 is 25.6 Å². The van der Waals surface area contributed by atoms with E-state index in [2.05, 4.69) is 20.6 Å². The third-order valence-electron chi connectivity index (χ3n) is 3.78. The van der Waals surface area contributed by atoms with E-state index in [9.17, 15) is 25.1 Å². The number of nitrogens with zero attached hydrogens (tertiary/aromatic N) is 3. The number of nitro groups is 1. The lowest BCUT2D eigenvalue weighted by Crippen LogP contribution is -2.13. The number of aromatic carboxylic acids is 1. The highest BCUT2D eigenvalue weighted by Crippen LogP contribution is 2.34. The summed E-state index contributed by atoms with van der Waals surface area (Å²) in [6, 6.07) is 12.7. The topological polar surface area (TPSA) is 160 Å². The number of hydrogen-bond acceptors (Lipinski definition) is 9. The zero-order valence-electron chi connectivity index (χ0n) is 15.0. The van der Waals surface area contributed by atoms with Crippen LogP contribution in [0.2, 0.25) is 0 Å². The van der Waals surface area contributed by atoms with E-state index in [1.54, 1.807) is 36.4 Å². The first-order valence-corrected chi connectivity index (χ1v) is 8.15. The van der Waals surface area contributed by atoms with Crippen molar-refractivity contribution in [1.82, 2.24) is 9.97 Å². The van der Waals surface area contributed by atoms with E-state index >= 15 is 0 Å².